The molecule has 1 saturated carbocycles. The van der Waals surface area contributed by atoms with Gasteiger partial charge in [-0.3, -0.25) is 14.6 Å². The van der Waals surface area contributed by atoms with Gasteiger partial charge in [0.15, 0.2) is 0 Å². The fourth-order valence-corrected chi connectivity index (χ4v) is 3.50. The predicted molar refractivity (Wildman–Crippen MR) is 76.1 cm³/mol. The number of carbonyl (C=O) groups excluding carboxylic acids is 1. The zero-order chi connectivity index (χ0) is 14.8. The van der Waals surface area contributed by atoms with Gasteiger partial charge in [0.05, 0.1) is 11.8 Å². The van der Waals surface area contributed by atoms with Crippen molar-refractivity contribution in [3.05, 3.63) is 42.2 Å². The molecule has 0 aliphatic heterocycles. The van der Waals surface area contributed by atoms with Crippen LogP contribution in [0.1, 0.15) is 18.4 Å². The normalized spacial score (nSPS) is 30.1. The van der Waals surface area contributed by atoms with Gasteiger partial charge >= 0.3 is 5.97 Å². The van der Waals surface area contributed by atoms with Crippen molar-refractivity contribution in [2.45, 2.75) is 19.4 Å². The number of amides is 1. The minimum atomic E-state index is -0.863. The van der Waals surface area contributed by atoms with Crippen LogP contribution in [0.15, 0.2) is 36.7 Å². The van der Waals surface area contributed by atoms with Gasteiger partial charge in [0, 0.05) is 18.9 Å². The summed E-state index contributed by atoms with van der Waals surface area (Å²) in [5.74, 6) is -2.02. The van der Waals surface area contributed by atoms with E-state index in [2.05, 4.69) is 10.3 Å². The Labute approximate surface area is 123 Å². The van der Waals surface area contributed by atoms with Crippen molar-refractivity contribution in [3.8, 4) is 0 Å². The molecule has 5 heteroatoms. The van der Waals surface area contributed by atoms with Crippen molar-refractivity contribution in [3.63, 3.8) is 0 Å². The first-order valence-electron chi connectivity index (χ1n) is 7.24. The van der Waals surface area contributed by atoms with E-state index in [0.717, 1.165) is 18.4 Å². The van der Waals surface area contributed by atoms with Crippen LogP contribution >= 0.6 is 0 Å². The maximum Gasteiger partial charge on any atom is 0.307 e. The van der Waals surface area contributed by atoms with Crippen molar-refractivity contribution < 1.29 is 14.7 Å². The second kappa shape index (κ2) is 5.68. The van der Waals surface area contributed by atoms with Crippen LogP contribution in [0, 0.1) is 23.7 Å². The van der Waals surface area contributed by atoms with Crippen LogP contribution < -0.4 is 5.32 Å². The zero-order valence-electron chi connectivity index (χ0n) is 11.6. The predicted octanol–water partition coefficient (Wildman–Crippen LogP) is 1.61. The summed E-state index contributed by atoms with van der Waals surface area (Å²) >= 11 is 0. The molecule has 21 heavy (non-hydrogen) atoms. The van der Waals surface area contributed by atoms with Crippen LogP contribution in [0.5, 0.6) is 0 Å². The minimum absolute atomic E-state index is 0.0100. The fraction of sp³-hybridized carbons (Fsp3) is 0.438. The van der Waals surface area contributed by atoms with Gasteiger partial charge in [0.25, 0.3) is 0 Å². The summed E-state index contributed by atoms with van der Waals surface area (Å²) in [6.45, 7) is 0.408. The molecular weight excluding hydrogens is 268 g/mol. The van der Waals surface area contributed by atoms with Gasteiger partial charge in [0.2, 0.25) is 5.91 Å². The number of allylic oxidation sites excluding steroid dienone is 2. The average molecular weight is 286 g/mol. The van der Waals surface area contributed by atoms with Crippen molar-refractivity contribution in [1.29, 1.82) is 0 Å². The third-order valence-corrected chi connectivity index (χ3v) is 4.55. The summed E-state index contributed by atoms with van der Waals surface area (Å²) in [5.41, 5.74) is 0.960. The first-order chi connectivity index (χ1) is 10.2. The maximum atomic E-state index is 12.5. The van der Waals surface area contributed by atoms with E-state index in [4.69, 9.17) is 0 Å². The first kappa shape index (κ1) is 13.8. The molecule has 0 spiro atoms. The van der Waals surface area contributed by atoms with E-state index in [9.17, 15) is 14.7 Å². The van der Waals surface area contributed by atoms with Crippen LogP contribution in [-0.2, 0) is 16.1 Å². The Morgan fingerprint density at radius 1 is 1.14 bits per heavy atom. The molecule has 3 aliphatic carbocycles. The summed E-state index contributed by atoms with van der Waals surface area (Å²) in [6, 6.07) is 3.67. The van der Waals surface area contributed by atoms with Crippen molar-refractivity contribution in [2.75, 3.05) is 0 Å². The SMILES string of the molecule is O=C(NCc1ccncc1)[C@@H]1[C@H](C(=O)O)[C@H]2C=C[C@H]1CC2. The Balaban J connectivity index is 1.71. The Morgan fingerprint density at radius 3 is 2.33 bits per heavy atom. The summed E-state index contributed by atoms with van der Waals surface area (Å²) in [6.07, 6.45) is 9.11. The lowest BCUT2D eigenvalue weighted by atomic mass is 9.62. The molecule has 0 radical (unpaired) electrons. The van der Waals surface area contributed by atoms with Gasteiger partial charge in [-0.05, 0) is 42.4 Å². The quantitative estimate of drug-likeness (QED) is 0.824. The van der Waals surface area contributed by atoms with E-state index in [-0.39, 0.29) is 17.7 Å². The highest BCUT2D eigenvalue weighted by Crippen LogP contribution is 2.45. The molecule has 1 aromatic rings. The molecule has 1 aromatic heterocycles. The molecule has 1 amide bonds. The third kappa shape index (κ3) is 2.68. The van der Waals surface area contributed by atoms with E-state index in [1.807, 2.05) is 24.3 Å². The molecule has 4 rings (SSSR count). The summed E-state index contributed by atoms with van der Waals surface area (Å²) in [4.78, 5) is 27.9. The summed E-state index contributed by atoms with van der Waals surface area (Å²) < 4.78 is 0. The molecule has 2 N–H and O–H groups in total. The average Bonchev–Trinajstić information content (AvgIpc) is 2.53. The number of rotatable bonds is 4. The van der Waals surface area contributed by atoms with E-state index < -0.39 is 17.8 Å². The van der Waals surface area contributed by atoms with Crippen molar-refractivity contribution in [1.82, 2.24) is 10.3 Å². The molecule has 3 aliphatic rings. The summed E-state index contributed by atoms with van der Waals surface area (Å²) in [5, 5.41) is 12.3. The van der Waals surface area contributed by atoms with E-state index in [1.165, 1.54) is 0 Å². The number of hydrogen-bond donors (Lipinski definition) is 2. The van der Waals surface area contributed by atoms with Crippen LogP contribution in [0.3, 0.4) is 0 Å². The maximum absolute atomic E-state index is 12.5. The highest BCUT2D eigenvalue weighted by molar-refractivity contribution is 5.86. The van der Waals surface area contributed by atoms with Gasteiger partial charge in [0.1, 0.15) is 0 Å². The van der Waals surface area contributed by atoms with Crippen LogP contribution in [0.4, 0.5) is 0 Å². The van der Waals surface area contributed by atoms with Gasteiger partial charge in [-0.2, -0.15) is 0 Å². The van der Waals surface area contributed by atoms with Crippen LogP contribution in [0.2, 0.25) is 0 Å². The number of fused-ring (bicyclic) bond motifs is 2. The van der Waals surface area contributed by atoms with Crippen molar-refractivity contribution >= 4 is 11.9 Å². The molecule has 2 bridgehead atoms. The lowest BCUT2D eigenvalue weighted by molar-refractivity contribution is -0.153. The molecule has 4 atom stereocenters. The molecule has 0 aromatic carbocycles. The second-order valence-electron chi connectivity index (χ2n) is 5.75. The minimum Gasteiger partial charge on any atom is -0.481 e. The number of carboxylic acid groups (broad SMARTS) is 1. The Kier molecular flexibility index (Phi) is 3.73. The lowest BCUT2D eigenvalue weighted by Gasteiger charge is -2.41. The number of aromatic nitrogens is 1. The monoisotopic (exact) mass is 286 g/mol. The van der Waals surface area contributed by atoms with Gasteiger partial charge < -0.3 is 10.4 Å². The van der Waals surface area contributed by atoms with E-state index in [1.54, 1.807) is 12.4 Å². The smallest absolute Gasteiger partial charge is 0.307 e. The number of carboxylic acids is 1. The van der Waals surface area contributed by atoms with Gasteiger partial charge in [-0.25, -0.2) is 0 Å². The largest absolute Gasteiger partial charge is 0.481 e. The van der Waals surface area contributed by atoms with Crippen molar-refractivity contribution in [2.24, 2.45) is 23.7 Å². The Morgan fingerprint density at radius 2 is 1.76 bits per heavy atom. The summed E-state index contributed by atoms with van der Waals surface area (Å²) in [7, 11) is 0. The number of pyridine rings is 1. The van der Waals surface area contributed by atoms with Crippen LogP contribution in [-0.4, -0.2) is 22.0 Å². The Hall–Kier alpha value is -2.17. The standard InChI is InChI=1S/C16H18N2O3/c19-15(18-9-10-5-7-17-8-6-10)13-11-1-3-12(4-2-11)14(13)16(20)21/h1,3,5-8,11-14H,2,4,9H2,(H,18,19)(H,20,21)/t11-,12-,13-,14+/m0/s1. The molecule has 0 unspecified atom stereocenters. The number of aliphatic carboxylic acids is 1. The molecule has 1 heterocycles. The number of hydrogen-bond acceptors (Lipinski definition) is 3. The molecule has 0 saturated heterocycles. The van der Waals surface area contributed by atoms with Crippen LogP contribution in [0.25, 0.3) is 0 Å². The molecule has 5 nitrogen and oxygen atoms in total. The molecule has 1 fully saturated rings. The molecular formula is C16H18N2O3. The van der Waals surface area contributed by atoms with Gasteiger partial charge in [-0.1, -0.05) is 12.2 Å². The fourth-order valence-electron chi connectivity index (χ4n) is 3.50. The third-order valence-electron chi connectivity index (χ3n) is 4.55. The zero-order valence-corrected chi connectivity index (χ0v) is 11.6. The Bertz CT molecular complexity index is 570. The second-order valence-corrected chi connectivity index (χ2v) is 5.75. The van der Waals surface area contributed by atoms with E-state index in [0.29, 0.717) is 6.54 Å². The highest BCUT2D eigenvalue weighted by Gasteiger charge is 2.47. The molecule has 110 valence electrons. The number of carbonyl (C=O) groups is 2. The number of nitrogens with one attached hydrogen (secondary N) is 1. The lowest BCUT2D eigenvalue weighted by Crippen LogP contribution is -2.48. The van der Waals surface area contributed by atoms with E-state index >= 15 is 0 Å². The highest BCUT2D eigenvalue weighted by atomic mass is 16.4. The number of nitrogens with zero attached hydrogens (tertiary/aromatic N) is 1. The van der Waals surface area contributed by atoms with Gasteiger partial charge in [-0.15, -0.1) is 0 Å². The topological polar surface area (TPSA) is 79.3 Å². The first-order valence-corrected chi connectivity index (χ1v) is 7.24.